The molecule has 8 heteroatoms. The van der Waals surface area contributed by atoms with Crippen LogP contribution in [0.5, 0.6) is 0 Å². The second kappa shape index (κ2) is 8.79. The van der Waals surface area contributed by atoms with Gasteiger partial charge in [0.25, 0.3) is 5.56 Å². The standard InChI is InChI=1S/C20H23N3O3S2/c1-5-8-23-19(25)17-14(15-7-6-9-26-15)10-27-18(17)22-20(23)28-11-16(24)21-13(4)12(2)3/h5-7,9-10,12-13H,1,8,11H2,2-4H3,(H,21,24)/t13-/m0/s1. The van der Waals surface area contributed by atoms with E-state index >= 15 is 0 Å². The monoisotopic (exact) mass is 417 g/mol. The van der Waals surface area contributed by atoms with Crippen molar-refractivity contribution in [3.05, 3.63) is 46.8 Å². The minimum Gasteiger partial charge on any atom is -0.464 e. The topological polar surface area (TPSA) is 77.1 Å². The first-order valence-corrected chi connectivity index (χ1v) is 10.9. The van der Waals surface area contributed by atoms with E-state index in [-0.39, 0.29) is 23.3 Å². The van der Waals surface area contributed by atoms with E-state index in [1.807, 2.05) is 18.4 Å². The molecule has 3 rings (SSSR count). The number of carbonyl (C=O) groups is 1. The van der Waals surface area contributed by atoms with Crippen LogP contribution in [0.1, 0.15) is 20.8 Å². The molecule has 1 atom stereocenters. The van der Waals surface area contributed by atoms with Crippen molar-refractivity contribution in [2.45, 2.75) is 38.5 Å². The molecule has 3 aromatic heterocycles. The molecule has 0 aromatic carbocycles. The Balaban J connectivity index is 1.92. The van der Waals surface area contributed by atoms with E-state index in [0.717, 1.165) is 5.56 Å². The lowest BCUT2D eigenvalue weighted by Crippen LogP contribution is -2.37. The molecular formula is C20H23N3O3S2. The maximum absolute atomic E-state index is 13.2. The normalized spacial score (nSPS) is 12.4. The number of amides is 1. The molecule has 0 fully saturated rings. The van der Waals surface area contributed by atoms with Crippen LogP contribution in [0.3, 0.4) is 0 Å². The summed E-state index contributed by atoms with van der Waals surface area (Å²) in [6, 6.07) is 3.70. The second-order valence-corrected chi connectivity index (χ2v) is 8.60. The summed E-state index contributed by atoms with van der Waals surface area (Å²) >= 11 is 2.65. The van der Waals surface area contributed by atoms with E-state index < -0.39 is 0 Å². The van der Waals surface area contributed by atoms with E-state index in [9.17, 15) is 9.59 Å². The Morgan fingerprint density at radius 2 is 2.25 bits per heavy atom. The number of allylic oxidation sites excluding steroid dienone is 1. The average molecular weight is 418 g/mol. The van der Waals surface area contributed by atoms with Gasteiger partial charge in [0.05, 0.1) is 17.4 Å². The lowest BCUT2D eigenvalue weighted by atomic mass is 10.1. The van der Waals surface area contributed by atoms with E-state index in [1.165, 1.54) is 23.1 Å². The number of hydrogen-bond donors (Lipinski definition) is 1. The maximum atomic E-state index is 13.2. The minimum atomic E-state index is -0.156. The zero-order chi connectivity index (χ0) is 20.3. The van der Waals surface area contributed by atoms with Gasteiger partial charge in [-0.1, -0.05) is 31.7 Å². The number of carbonyl (C=O) groups excluding carboxylic acids is 1. The molecule has 0 aliphatic rings. The first-order valence-electron chi connectivity index (χ1n) is 9.01. The summed E-state index contributed by atoms with van der Waals surface area (Å²) in [5.41, 5.74) is 0.580. The molecule has 0 saturated carbocycles. The van der Waals surface area contributed by atoms with Gasteiger partial charge in [-0.15, -0.1) is 17.9 Å². The Bertz CT molecular complexity index is 1040. The molecule has 3 aromatic rings. The van der Waals surface area contributed by atoms with Crippen molar-refractivity contribution in [2.75, 3.05) is 5.75 Å². The zero-order valence-corrected chi connectivity index (χ0v) is 17.7. The molecule has 0 aliphatic carbocycles. The predicted octanol–water partition coefficient (Wildman–Crippen LogP) is 4.16. The van der Waals surface area contributed by atoms with Gasteiger partial charge in [-0.25, -0.2) is 4.98 Å². The van der Waals surface area contributed by atoms with E-state index in [2.05, 4.69) is 30.7 Å². The molecule has 0 unspecified atom stereocenters. The van der Waals surface area contributed by atoms with E-state index in [0.29, 0.717) is 33.6 Å². The van der Waals surface area contributed by atoms with Gasteiger partial charge in [-0.3, -0.25) is 14.2 Å². The molecule has 148 valence electrons. The van der Waals surface area contributed by atoms with Crippen LogP contribution in [0, 0.1) is 5.92 Å². The third-order valence-electron chi connectivity index (χ3n) is 4.48. The van der Waals surface area contributed by atoms with Crippen LogP contribution in [0.15, 0.2) is 50.8 Å². The third kappa shape index (κ3) is 4.23. The number of thiophene rings is 1. The highest BCUT2D eigenvalue weighted by Crippen LogP contribution is 2.32. The van der Waals surface area contributed by atoms with Crippen molar-refractivity contribution in [2.24, 2.45) is 5.92 Å². The first-order chi connectivity index (χ1) is 13.4. The second-order valence-electron chi connectivity index (χ2n) is 6.79. The highest BCUT2D eigenvalue weighted by Gasteiger charge is 2.19. The number of nitrogens with one attached hydrogen (secondary N) is 1. The number of hydrogen-bond acceptors (Lipinski definition) is 6. The third-order valence-corrected chi connectivity index (χ3v) is 6.33. The van der Waals surface area contributed by atoms with Crippen LogP contribution < -0.4 is 10.9 Å². The summed E-state index contributed by atoms with van der Waals surface area (Å²) in [6.07, 6.45) is 3.23. The van der Waals surface area contributed by atoms with E-state index in [1.54, 1.807) is 23.0 Å². The fourth-order valence-electron chi connectivity index (χ4n) is 2.61. The number of aromatic nitrogens is 2. The Morgan fingerprint density at radius 1 is 1.46 bits per heavy atom. The lowest BCUT2D eigenvalue weighted by Gasteiger charge is -2.17. The Hall–Kier alpha value is -2.32. The van der Waals surface area contributed by atoms with Gasteiger partial charge in [0, 0.05) is 23.5 Å². The van der Waals surface area contributed by atoms with Gasteiger partial charge in [0.15, 0.2) is 5.16 Å². The first kappa shape index (κ1) is 20.4. The van der Waals surface area contributed by atoms with Crippen molar-refractivity contribution in [1.29, 1.82) is 0 Å². The lowest BCUT2D eigenvalue weighted by molar-refractivity contribution is -0.119. The van der Waals surface area contributed by atoms with Crippen LogP contribution in [0.25, 0.3) is 21.5 Å². The molecule has 0 radical (unpaired) electrons. The molecule has 0 bridgehead atoms. The molecule has 0 saturated heterocycles. The van der Waals surface area contributed by atoms with Crippen LogP contribution >= 0.6 is 23.1 Å². The molecule has 1 amide bonds. The number of rotatable bonds is 8. The average Bonchev–Trinajstić information content (AvgIpc) is 3.31. The number of fused-ring (bicyclic) bond motifs is 1. The SMILES string of the molecule is C=CCn1c(SCC(=O)N[C@@H](C)C(C)C)nc2scc(-c3ccco3)c2c1=O. The van der Waals surface area contributed by atoms with Gasteiger partial charge in [-0.05, 0) is 25.0 Å². The van der Waals surface area contributed by atoms with Crippen LogP contribution in [-0.2, 0) is 11.3 Å². The molecule has 3 heterocycles. The highest BCUT2D eigenvalue weighted by molar-refractivity contribution is 7.99. The smallest absolute Gasteiger partial charge is 0.263 e. The van der Waals surface area contributed by atoms with Crippen molar-refractivity contribution in [3.8, 4) is 11.3 Å². The molecule has 28 heavy (non-hydrogen) atoms. The van der Waals surface area contributed by atoms with E-state index in [4.69, 9.17) is 4.42 Å². The summed E-state index contributed by atoms with van der Waals surface area (Å²) in [4.78, 5) is 30.7. The Labute approximate surface area is 171 Å². The zero-order valence-electron chi connectivity index (χ0n) is 16.1. The predicted molar refractivity (Wildman–Crippen MR) is 115 cm³/mol. The highest BCUT2D eigenvalue weighted by atomic mass is 32.2. The van der Waals surface area contributed by atoms with Gasteiger partial charge >= 0.3 is 0 Å². The van der Waals surface area contributed by atoms with Gasteiger partial charge in [0.1, 0.15) is 10.6 Å². The Morgan fingerprint density at radius 3 is 2.89 bits per heavy atom. The fraction of sp³-hybridized carbons (Fsp3) is 0.350. The molecular weight excluding hydrogens is 394 g/mol. The quantitative estimate of drug-likeness (QED) is 0.338. The van der Waals surface area contributed by atoms with Crippen LogP contribution in [0.4, 0.5) is 0 Å². The molecule has 0 spiro atoms. The van der Waals surface area contributed by atoms with Crippen molar-refractivity contribution < 1.29 is 9.21 Å². The fourth-order valence-corrected chi connectivity index (χ4v) is 4.40. The van der Waals surface area contributed by atoms with Crippen LogP contribution in [-0.4, -0.2) is 27.3 Å². The summed E-state index contributed by atoms with van der Waals surface area (Å²) in [5.74, 6) is 1.11. The number of thioether (sulfide) groups is 1. The molecule has 0 aliphatic heterocycles. The summed E-state index contributed by atoms with van der Waals surface area (Å²) in [6.45, 7) is 10.2. The number of furan rings is 1. The Kier molecular flexibility index (Phi) is 6.41. The van der Waals surface area contributed by atoms with Gasteiger partial charge < -0.3 is 9.73 Å². The van der Waals surface area contributed by atoms with Crippen LogP contribution in [0.2, 0.25) is 0 Å². The van der Waals surface area contributed by atoms with Gasteiger partial charge in [-0.2, -0.15) is 0 Å². The maximum Gasteiger partial charge on any atom is 0.263 e. The van der Waals surface area contributed by atoms with Crippen molar-refractivity contribution in [1.82, 2.24) is 14.9 Å². The minimum absolute atomic E-state index is 0.0758. The van der Waals surface area contributed by atoms with Crippen molar-refractivity contribution >= 4 is 39.2 Å². The largest absolute Gasteiger partial charge is 0.464 e. The molecule has 6 nitrogen and oxygen atoms in total. The summed E-state index contributed by atoms with van der Waals surface area (Å²) in [5, 5.41) is 5.89. The number of nitrogens with zero attached hydrogens (tertiary/aromatic N) is 2. The summed E-state index contributed by atoms with van der Waals surface area (Å²) < 4.78 is 7.01. The van der Waals surface area contributed by atoms with Crippen molar-refractivity contribution in [3.63, 3.8) is 0 Å². The summed E-state index contributed by atoms with van der Waals surface area (Å²) in [7, 11) is 0. The molecule has 1 N–H and O–H groups in total. The van der Waals surface area contributed by atoms with Gasteiger partial charge in [0.2, 0.25) is 5.91 Å².